The molecular formula is C7H13NO. The Kier molecular flexibility index (Phi) is 1.08. The molecular weight excluding hydrogens is 114 g/mol. The maximum absolute atomic E-state index is 5.85. The van der Waals surface area contributed by atoms with E-state index in [1.165, 1.54) is 19.3 Å². The van der Waals surface area contributed by atoms with E-state index >= 15 is 0 Å². The highest BCUT2D eigenvalue weighted by atomic mass is 16.5. The van der Waals surface area contributed by atoms with Crippen LogP contribution in [0.1, 0.15) is 25.7 Å². The van der Waals surface area contributed by atoms with Crippen molar-refractivity contribution in [1.29, 1.82) is 0 Å². The number of hydrogen-bond acceptors (Lipinski definition) is 2. The third kappa shape index (κ3) is 0.634. The average molecular weight is 127 g/mol. The lowest BCUT2D eigenvalue weighted by atomic mass is 9.75. The summed E-state index contributed by atoms with van der Waals surface area (Å²) in [4.78, 5) is 0. The molecule has 2 fully saturated rings. The lowest BCUT2D eigenvalue weighted by molar-refractivity contribution is -0.0644. The van der Waals surface area contributed by atoms with Crippen LogP contribution in [-0.4, -0.2) is 18.2 Å². The van der Waals surface area contributed by atoms with Crippen LogP contribution in [0.25, 0.3) is 0 Å². The molecule has 9 heavy (non-hydrogen) atoms. The molecule has 2 N–H and O–H groups in total. The van der Waals surface area contributed by atoms with Gasteiger partial charge in [0.25, 0.3) is 0 Å². The molecule has 0 bridgehead atoms. The zero-order valence-electron chi connectivity index (χ0n) is 5.60. The highest BCUT2D eigenvalue weighted by Crippen LogP contribution is 2.42. The summed E-state index contributed by atoms with van der Waals surface area (Å²) in [6, 6.07) is 0.339. The number of ether oxygens (including phenoxy) is 1. The molecule has 52 valence electrons. The predicted molar refractivity (Wildman–Crippen MR) is 35.1 cm³/mol. The van der Waals surface area contributed by atoms with Crippen LogP contribution in [0.3, 0.4) is 0 Å². The third-order valence-corrected chi connectivity index (χ3v) is 2.69. The fraction of sp³-hybridized carbons (Fsp3) is 1.00. The summed E-state index contributed by atoms with van der Waals surface area (Å²) in [5.74, 6) is 0. The molecule has 2 aliphatic rings. The minimum atomic E-state index is 0.153. The van der Waals surface area contributed by atoms with E-state index in [0.29, 0.717) is 6.04 Å². The van der Waals surface area contributed by atoms with E-state index in [2.05, 4.69) is 0 Å². The molecule has 0 aromatic carbocycles. The van der Waals surface area contributed by atoms with Gasteiger partial charge in [-0.2, -0.15) is 0 Å². The van der Waals surface area contributed by atoms with Crippen molar-refractivity contribution in [2.24, 2.45) is 5.73 Å². The van der Waals surface area contributed by atoms with E-state index in [-0.39, 0.29) is 5.60 Å². The van der Waals surface area contributed by atoms with E-state index in [9.17, 15) is 0 Å². The fourth-order valence-corrected chi connectivity index (χ4v) is 1.80. The summed E-state index contributed by atoms with van der Waals surface area (Å²) in [7, 11) is 0. The summed E-state index contributed by atoms with van der Waals surface area (Å²) in [6.45, 7) is 0.890. The van der Waals surface area contributed by atoms with Gasteiger partial charge >= 0.3 is 0 Å². The minimum absolute atomic E-state index is 0.153. The minimum Gasteiger partial charge on any atom is -0.373 e. The zero-order chi connectivity index (χ0) is 6.32. The van der Waals surface area contributed by atoms with Crippen LogP contribution >= 0.6 is 0 Å². The molecule has 1 saturated heterocycles. The van der Waals surface area contributed by atoms with Gasteiger partial charge in [-0.1, -0.05) is 0 Å². The summed E-state index contributed by atoms with van der Waals surface area (Å²) in [6.07, 6.45) is 4.79. The SMILES string of the molecule is NC1CCOC12CCC2. The monoisotopic (exact) mass is 127 g/mol. The van der Waals surface area contributed by atoms with Crippen molar-refractivity contribution >= 4 is 0 Å². The predicted octanol–water partition coefficient (Wildman–Crippen LogP) is 0.657. The van der Waals surface area contributed by atoms with Crippen molar-refractivity contribution in [1.82, 2.24) is 0 Å². The second-order valence-electron chi connectivity index (χ2n) is 3.16. The standard InChI is InChI=1S/C7H13NO/c8-6-2-5-9-7(6)3-1-4-7/h6H,1-5,8H2. The van der Waals surface area contributed by atoms with Crippen LogP contribution in [0.4, 0.5) is 0 Å². The summed E-state index contributed by atoms with van der Waals surface area (Å²) < 4.78 is 5.56. The second kappa shape index (κ2) is 1.70. The maximum Gasteiger partial charge on any atom is 0.0833 e. The van der Waals surface area contributed by atoms with Crippen molar-refractivity contribution < 1.29 is 4.74 Å². The van der Waals surface area contributed by atoms with Crippen LogP contribution in [-0.2, 0) is 4.74 Å². The van der Waals surface area contributed by atoms with Gasteiger partial charge in [0.05, 0.1) is 5.60 Å². The first-order chi connectivity index (χ1) is 4.33. The summed E-state index contributed by atoms with van der Waals surface area (Å²) >= 11 is 0. The Bertz CT molecular complexity index is 120. The number of rotatable bonds is 0. The molecule has 0 aromatic heterocycles. The van der Waals surface area contributed by atoms with Gasteiger partial charge in [-0.15, -0.1) is 0 Å². The van der Waals surface area contributed by atoms with Crippen molar-refractivity contribution in [3.63, 3.8) is 0 Å². The molecule has 1 unspecified atom stereocenters. The maximum atomic E-state index is 5.85. The molecule has 1 saturated carbocycles. The van der Waals surface area contributed by atoms with Gasteiger partial charge in [0.15, 0.2) is 0 Å². The van der Waals surface area contributed by atoms with E-state index in [1.54, 1.807) is 0 Å². The van der Waals surface area contributed by atoms with E-state index in [4.69, 9.17) is 10.5 Å². The van der Waals surface area contributed by atoms with Crippen LogP contribution in [0.2, 0.25) is 0 Å². The van der Waals surface area contributed by atoms with Gasteiger partial charge in [0.2, 0.25) is 0 Å². The van der Waals surface area contributed by atoms with Crippen LogP contribution in [0.15, 0.2) is 0 Å². The quantitative estimate of drug-likeness (QED) is 0.518. The van der Waals surface area contributed by atoms with Gasteiger partial charge in [0.1, 0.15) is 0 Å². The van der Waals surface area contributed by atoms with Crippen molar-refractivity contribution in [3.8, 4) is 0 Å². The summed E-state index contributed by atoms with van der Waals surface area (Å²) in [5, 5.41) is 0. The highest BCUT2D eigenvalue weighted by Gasteiger charge is 2.46. The van der Waals surface area contributed by atoms with Gasteiger partial charge in [-0.3, -0.25) is 0 Å². The van der Waals surface area contributed by atoms with Gasteiger partial charge < -0.3 is 10.5 Å². The zero-order valence-corrected chi connectivity index (χ0v) is 5.60. The van der Waals surface area contributed by atoms with Gasteiger partial charge in [-0.25, -0.2) is 0 Å². The molecule has 0 amide bonds. The smallest absolute Gasteiger partial charge is 0.0833 e. The molecule has 1 aliphatic carbocycles. The molecule has 0 radical (unpaired) electrons. The molecule has 2 nitrogen and oxygen atoms in total. The van der Waals surface area contributed by atoms with Crippen LogP contribution in [0.5, 0.6) is 0 Å². The Morgan fingerprint density at radius 1 is 1.44 bits per heavy atom. The Hall–Kier alpha value is -0.0800. The van der Waals surface area contributed by atoms with Crippen LogP contribution < -0.4 is 5.73 Å². The van der Waals surface area contributed by atoms with Gasteiger partial charge in [-0.05, 0) is 25.7 Å². The van der Waals surface area contributed by atoms with E-state index in [1.807, 2.05) is 0 Å². The lowest BCUT2D eigenvalue weighted by Crippen LogP contribution is -2.50. The lowest BCUT2D eigenvalue weighted by Gasteiger charge is -2.40. The molecule has 1 heterocycles. The molecule has 0 aromatic rings. The molecule has 2 rings (SSSR count). The fourth-order valence-electron chi connectivity index (χ4n) is 1.80. The molecule has 1 atom stereocenters. The number of hydrogen-bond donors (Lipinski definition) is 1. The average Bonchev–Trinajstić information content (AvgIpc) is 2.07. The first kappa shape index (κ1) is 5.69. The van der Waals surface area contributed by atoms with Crippen molar-refractivity contribution in [3.05, 3.63) is 0 Å². The Morgan fingerprint density at radius 3 is 2.44 bits per heavy atom. The molecule has 1 spiro atoms. The molecule has 2 heteroatoms. The summed E-state index contributed by atoms with van der Waals surface area (Å²) in [5.41, 5.74) is 6.00. The second-order valence-corrected chi connectivity index (χ2v) is 3.16. The number of nitrogens with two attached hydrogens (primary N) is 1. The normalized spacial score (nSPS) is 39.0. The Labute approximate surface area is 55.4 Å². The van der Waals surface area contributed by atoms with Crippen molar-refractivity contribution in [2.45, 2.75) is 37.3 Å². The topological polar surface area (TPSA) is 35.2 Å². The first-order valence-electron chi connectivity index (χ1n) is 3.73. The molecule has 1 aliphatic heterocycles. The highest BCUT2D eigenvalue weighted by molar-refractivity contribution is 5.01. The first-order valence-corrected chi connectivity index (χ1v) is 3.73. The Balaban J connectivity index is 2.09. The van der Waals surface area contributed by atoms with Gasteiger partial charge in [0, 0.05) is 12.6 Å². The van der Waals surface area contributed by atoms with Crippen molar-refractivity contribution in [2.75, 3.05) is 6.61 Å². The Morgan fingerprint density at radius 2 is 2.22 bits per heavy atom. The largest absolute Gasteiger partial charge is 0.373 e. The van der Waals surface area contributed by atoms with Crippen LogP contribution in [0, 0.1) is 0 Å². The van der Waals surface area contributed by atoms with E-state index < -0.39 is 0 Å². The van der Waals surface area contributed by atoms with E-state index in [0.717, 1.165) is 13.0 Å². The third-order valence-electron chi connectivity index (χ3n) is 2.69.